The Morgan fingerprint density at radius 2 is 1.95 bits per heavy atom. The number of Topliss-reactive ketones (excluding diaryl/α,β-unsaturated/α-hetero) is 1. The van der Waals surface area contributed by atoms with Crippen LogP contribution < -0.4 is 0 Å². The molecule has 0 unspecified atom stereocenters. The summed E-state index contributed by atoms with van der Waals surface area (Å²) in [5.74, 6) is -0.0554. The molecular formula is C16H19NO3. The van der Waals surface area contributed by atoms with Crippen molar-refractivity contribution in [2.24, 2.45) is 0 Å². The van der Waals surface area contributed by atoms with Crippen molar-refractivity contribution < 1.29 is 14.7 Å². The van der Waals surface area contributed by atoms with Gasteiger partial charge in [0.05, 0.1) is 12.6 Å². The molecule has 1 aliphatic heterocycles. The third-order valence-corrected chi connectivity index (χ3v) is 3.75. The molecule has 4 nitrogen and oxygen atoms in total. The van der Waals surface area contributed by atoms with Crippen molar-refractivity contribution in [3.8, 4) is 0 Å². The summed E-state index contributed by atoms with van der Waals surface area (Å²) < 4.78 is 0. The van der Waals surface area contributed by atoms with Crippen molar-refractivity contribution in [1.29, 1.82) is 0 Å². The number of nitrogens with zero attached hydrogens (tertiary/aromatic N) is 1. The smallest absolute Gasteiger partial charge is 0.227 e. The van der Waals surface area contributed by atoms with E-state index in [1.54, 1.807) is 11.8 Å². The Kier molecular flexibility index (Phi) is 4.35. The van der Waals surface area contributed by atoms with E-state index in [1.165, 1.54) is 6.92 Å². The predicted molar refractivity (Wildman–Crippen MR) is 75.7 cm³/mol. The van der Waals surface area contributed by atoms with Crippen molar-refractivity contribution in [2.75, 3.05) is 6.61 Å². The van der Waals surface area contributed by atoms with Crippen molar-refractivity contribution in [2.45, 2.75) is 32.7 Å². The maximum atomic E-state index is 12.2. The monoisotopic (exact) mass is 273 g/mol. The van der Waals surface area contributed by atoms with Crippen LogP contribution in [-0.2, 0) is 9.59 Å². The molecule has 0 radical (unpaired) electrons. The SMILES string of the molecule is CC(=O)C1=C(C)N([C@H](CO)c2ccccc2)C(=O)CC1. The molecule has 0 fully saturated rings. The van der Waals surface area contributed by atoms with E-state index in [0.717, 1.165) is 5.56 Å². The van der Waals surface area contributed by atoms with Crippen LogP contribution in [0.3, 0.4) is 0 Å². The molecule has 0 aromatic heterocycles. The summed E-state index contributed by atoms with van der Waals surface area (Å²) in [5, 5.41) is 9.69. The molecule has 1 aromatic carbocycles. The normalized spacial score (nSPS) is 17.4. The number of ketones is 1. The Balaban J connectivity index is 2.44. The fraction of sp³-hybridized carbons (Fsp3) is 0.375. The van der Waals surface area contributed by atoms with Gasteiger partial charge in [0.25, 0.3) is 0 Å². The standard InChI is InChI=1S/C16H19NO3/c1-11-14(12(2)19)8-9-16(20)17(11)15(10-18)13-6-4-3-5-7-13/h3-7,15,18H,8-10H2,1-2H3/t15-/m1/s1. The van der Waals surface area contributed by atoms with E-state index < -0.39 is 6.04 Å². The van der Waals surface area contributed by atoms with Gasteiger partial charge in [0.1, 0.15) is 0 Å². The molecule has 0 bridgehead atoms. The lowest BCUT2D eigenvalue weighted by molar-refractivity contribution is -0.133. The van der Waals surface area contributed by atoms with Crippen LogP contribution in [0, 0.1) is 0 Å². The van der Waals surface area contributed by atoms with Gasteiger partial charge >= 0.3 is 0 Å². The molecular weight excluding hydrogens is 254 g/mol. The van der Waals surface area contributed by atoms with Crippen molar-refractivity contribution in [3.05, 3.63) is 47.2 Å². The first-order valence-corrected chi connectivity index (χ1v) is 6.74. The first kappa shape index (κ1) is 14.5. The molecule has 106 valence electrons. The Morgan fingerprint density at radius 3 is 2.50 bits per heavy atom. The van der Waals surface area contributed by atoms with Crippen LogP contribution >= 0.6 is 0 Å². The molecule has 1 heterocycles. The number of aliphatic hydroxyl groups is 1. The number of aliphatic hydroxyl groups excluding tert-OH is 1. The molecule has 1 aliphatic rings. The van der Waals surface area contributed by atoms with Crippen LogP contribution in [0.5, 0.6) is 0 Å². The summed E-state index contributed by atoms with van der Waals surface area (Å²) in [7, 11) is 0. The summed E-state index contributed by atoms with van der Waals surface area (Å²) in [5.41, 5.74) is 2.21. The van der Waals surface area contributed by atoms with E-state index in [0.29, 0.717) is 24.1 Å². The van der Waals surface area contributed by atoms with Crippen LogP contribution in [0.2, 0.25) is 0 Å². The molecule has 0 saturated carbocycles. The minimum atomic E-state index is -0.432. The van der Waals surface area contributed by atoms with Crippen LogP contribution in [0.1, 0.15) is 38.3 Å². The average Bonchev–Trinajstić information content (AvgIpc) is 2.44. The number of rotatable bonds is 4. The Hall–Kier alpha value is -1.94. The second kappa shape index (κ2) is 6.01. The van der Waals surface area contributed by atoms with E-state index in [4.69, 9.17) is 0 Å². The molecule has 0 saturated heterocycles. The number of carbonyl (C=O) groups is 2. The van der Waals surface area contributed by atoms with Gasteiger partial charge < -0.3 is 10.0 Å². The highest BCUT2D eigenvalue weighted by molar-refractivity contribution is 5.97. The highest BCUT2D eigenvalue weighted by atomic mass is 16.3. The van der Waals surface area contributed by atoms with Gasteiger partial charge in [0.2, 0.25) is 5.91 Å². The minimum Gasteiger partial charge on any atom is -0.394 e. The first-order chi connectivity index (χ1) is 9.56. The maximum absolute atomic E-state index is 12.2. The number of hydrogen-bond donors (Lipinski definition) is 1. The second-order valence-electron chi connectivity index (χ2n) is 4.99. The van der Waals surface area contributed by atoms with E-state index in [9.17, 15) is 14.7 Å². The Morgan fingerprint density at radius 1 is 1.30 bits per heavy atom. The zero-order valence-corrected chi connectivity index (χ0v) is 11.8. The van der Waals surface area contributed by atoms with Crippen molar-refractivity contribution in [1.82, 2.24) is 4.90 Å². The topological polar surface area (TPSA) is 57.6 Å². The van der Waals surface area contributed by atoms with Crippen molar-refractivity contribution >= 4 is 11.7 Å². The minimum absolute atomic E-state index is 0.00949. The zero-order valence-electron chi connectivity index (χ0n) is 11.8. The summed E-state index contributed by atoms with van der Waals surface area (Å²) in [6.07, 6.45) is 0.805. The van der Waals surface area contributed by atoms with Gasteiger partial charge in [-0.2, -0.15) is 0 Å². The van der Waals surface area contributed by atoms with Gasteiger partial charge in [0, 0.05) is 17.7 Å². The van der Waals surface area contributed by atoms with Gasteiger partial charge in [-0.15, -0.1) is 0 Å². The fourth-order valence-corrected chi connectivity index (χ4v) is 2.72. The number of allylic oxidation sites excluding steroid dienone is 2. The summed E-state index contributed by atoms with van der Waals surface area (Å²) >= 11 is 0. The van der Waals surface area contributed by atoms with Crippen molar-refractivity contribution in [3.63, 3.8) is 0 Å². The Labute approximate surface area is 118 Å². The predicted octanol–water partition coefficient (Wildman–Crippen LogP) is 2.21. The molecule has 0 aliphatic carbocycles. The summed E-state index contributed by atoms with van der Waals surface area (Å²) in [6.45, 7) is 3.13. The summed E-state index contributed by atoms with van der Waals surface area (Å²) in [6, 6.07) is 8.96. The molecule has 1 atom stereocenters. The zero-order chi connectivity index (χ0) is 14.7. The van der Waals surface area contributed by atoms with E-state index >= 15 is 0 Å². The second-order valence-corrected chi connectivity index (χ2v) is 4.99. The number of benzene rings is 1. The van der Waals surface area contributed by atoms with E-state index in [-0.39, 0.29) is 18.3 Å². The number of amides is 1. The first-order valence-electron chi connectivity index (χ1n) is 6.74. The molecule has 4 heteroatoms. The van der Waals surface area contributed by atoms with Crippen LogP contribution in [-0.4, -0.2) is 28.3 Å². The molecule has 1 aromatic rings. The van der Waals surface area contributed by atoms with Gasteiger partial charge in [-0.05, 0) is 25.8 Å². The van der Waals surface area contributed by atoms with Crippen LogP contribution in [0.25, 0.3) is 0 Å². The largest absolute Gasteiger partial charge is 0.394 e. The number of hydrogen-bond acceptors (Lipinski definition) is 3. The molecule has 2 rings (SSSR count). The highest BCUT2D eigenvalue weighted by Gasteiger charge is 2.31. The third-order valence-electron chi connectivity index (χ3n) is 3.75. The molecule has 20 heavy (non-hydrogen) atoms. The summed E-state index contributed by atoms with van der Waals surface area (Å²) in [4.78, 5) is 25.4. The van der Waals surface area contributed by atoms with Gasteiger partial charge in [-0.1, -0.05) is 30.3 Å². The van der Waals surface area contributed by atoms with E-state index in [2.05, 4.69) is 0 Å². The average molecular weight is 273 g/mol. The van der Waals surface area contributed by atoms with Crippen LogP contribution in [0.15, 0.2) is 41.6 Å². The Bertz CT molecular complexity index is 548. The van der Waals surface area contributed by atoms with E-state index in [1.807, 2.05) is 30.3 Å². The lowest BCUT2D eigenvalue weighted by Crippen LogP contribution is -2.39. The van der Waals surface area contributed by atoms with Gasteiger partial charge in [-0.25, -0.2) is 0 Å². The third kappa shape index (κ3) is 2.65. The lowest BCUT2D eigenvalue weighted by Gasteiger charge is -2.35. The van der Waals surface area contributed by atoms with Crippen LogP contribution in [0.4, 0.5) is 0 Å². The molecule has 1 N–H and O–H groups in total. The highest BCUT2D eigenvalue weighted by Crippen LogP contribution is 2.32. The maximum Gasteiger partial charge on any atom is 0.227 e. The quantitative estimate of drug-likeness (QED) is 0.915. The molecule has 0 spiro atoms. The number of carbonyl (C=O) groups excluding carboxylic acids is 2. The lowest BCUT2D eigenvalue weighted by atomic mass is 9.95. The van der Waals surface area contributed by atoms with Gasteiger partial charge in [0.15, 0.2) is 5.78 Å². The molecule has 1 amide bonds. The fourth-order valence-electron chi connectivity index (χ4n) is 2.72. The van der Waals surface area contributed by atoms with Gasteiger partial charge in [-0.3, -0.25) is 9.59 Å².